The molecule has 5 nitrogen and oxygen atoms in total. The van der Waals surface area contributed by atoms with Crippen LogP contribution in [0.3, 0.4) is 0 Å². The minimum absolute atomic E-state index is 0.00650. The van der Waals surface area contributed by atoms with E-state index < -0.39 is 10.0 Å². The van der Waals surface area contributed by atoms with Crippen LogP contribution < -0.4 is 5.32 Å². The number of anilines is 1. The van der Waals surface area contributed by atoms with Crippen LogP contribution in [-0.4, -0.2) is 31.7 Å². The number of nitrogens with zero attached hydrogens (tertiary/aromatic N) is 1. The normalized spacial score (nSPS) is 16.0. The molecule has 6 heteroatoms. The van der Waals surface area contributed by atoms with Crippen LogP contribution in [0.2, 0.25) is 0 Å². The molecule has 0 aliphatic carbocycles. The van der Waals surface area contributed by atoms with E-state index >= 15 is 0 Å². The van der Waals surface area contributed by atoms with Gasteiger partial charge in [-0.15, -0.1) is 0 Å². The predicted molar refractivity (Wildman–Crippen MR) is 116 cm³/mol. The molecule has 0 aromatic heterocycles. The lowest BCUT2D eigenvalue weighted by Gasteiger charge is -2.31. The highest BCUT2D eigenvalue weighted by atomic mass is 32.2. The molecule has 1 aliphatic heterocycles. The maximum atomic E-state index is 12.9. The van der Waals surface area contributed by atoms with Crippen LogP contribution in [-0.2, 0) is 27.7 Å². The van der Waals surface area contributed by atoms with E-state index in [1.165, 1.54) is 4.31 Å². The number of hydrogen-bond acceptors (Lipinski definition) is 3. The van der Waals surface area contributed by atoms with Crippen molar-refractivity contribution < 1.29 is 13.2 Å². The summed E-state index contributed by atoms with van der Waals surface area (Å²) in [4.78, 5) is 13.2. The summed E-state index contributed by atoms with van der Waals surface area (Å²) in [7, 11) is -3.51. The zero-order valence-corrected chi connectivity index (χ0v) is 18.3. The summed E-state index contributed by atoms with van der Waals surface area (Å²) >= 11 is 0. The van der Waals surface area contributed by atoms with Crippen molar-refractivity contribution in [2.75, 3.05) is 18.4 Å². The van der Waals surface area contributed by atoms with E-state index in [-0.39, 0.29) is 11.8 Å². The van der Waals surface area contributed by atoms with E-state index in [2.05, 4.69) is 19.2 Å². The molecule has 0 radical (unpaired) electrons. The Bertz CT molecular complexity index is 938. The van der Waals surface area contributed by atoms with Crippen molar-refractivity contribution in [1.29, 1.82) is 0 Å². The van der Waals surface area contributed by atoms with E-state index in [9.17, 15) is 13.2 Å². The number of rotatable bonds is 6. The summed E-state index contributed by atoms with van der Waals surface area (Å²) in [6.07, 6.45) is 2.78. The second kappa shape index (κ2) is 9.09. The summed E-state index contributed by atoms with van der Waals surface area (Å²) in [5.41, 5.74) is 4.23. The molecule has 1 aliphatic rings. The maximum Gasteiger partial charge on any atom is 0.243 e. The fraction of sp³-hybridized carbons (Fsp3) is 0.435. The first-order valence-corrected chi connectivity index (χ1v) is 11.8. The van der Waals surface area contributed by atoms with Gasteiger partial charge >= 0.3 is 0 Å². The topological polar surface area (TPSA) is 66.5 Å². The molecule has 1 amide bonds. The molecule has 3 rings (SSSR count). The number of hydrogen-bond donors (Lipinski definition) is 1. The van der Waals surface area contributed by atoms with Crippen molar-refractivity contribution in [3.63, 3.8) is 0 Å². The molecule has 1 N–H and O–H groups in total. The third kappa shape index (κ3) is 4.70. The summed E-state index contributed by atoms with van der Waals surface area (Å²) < 4.78 is 27.2. The Balaban J connectivity index is 1.67. The summed E-state index contributed by atoms with van der Waals surface area (Å²) in [6, 6.07) is 13.0. The molecule has 0 bridgehead atoms. The smallest absolute Gasteiger partial charge is 0.243 e. The largest absolute Gasteiger partial charge is 0.325 e. The summed E-state index contributed by atoms with van der Waals surface area (Å²) in [6.45, 7) is 6.83. The SMILES string of the molecule is CCc1cccc(CC)c1NC(=O)C1CCN(S(=O)(=O)c2ccc(C)cc2)CC1. The van der Waals surface area contributed by atoms with Crippen LogP contribution >= 0.6 is 0 Å². The molecule has 1 heterocycles. The third-order valence-electron chi connectivity index (χ3n) is 5.73. The number of nitrogens with one attached hydrogen (secondary N) is 1. The Labute approximate surface area is 174 Å². The molecule has 2 aromatic rings. The zero-order chi connectivity index (χ0) is 21.0. The summed E-state index contributed by atoms with van der Waals surface area (Å²) in [5.74, 6) is -0.179. The van der Waals surface area contributed by atoms with Gasteiger partial charge in [0.2, 0.25) is 15.9 Å². The highest BCUT2D eigenvalue weighted by Crippen LogP contribution is 2.27. The van der Waals surface area contributed by atoms with Gasteiger partial charge in [-0.3, -0.25) is 4.79 Å². The number of carbonyl (C=O) groups excluding carboxylic acids is 1. The van der Waals surface area contributed by atoms with Crippen LogP contribution in [0.25, 0.3) is 0 Å². The highest BCUT2D eigenvalue weighted by molar-refractivity contribution is 7.89. The standard InChI is InChI=1S/C23H30N2O3S/c1-4-18-7-6-8-19(5-2)22(18)24-23(26)20-13-15-25(16-14-20)29(27,28)21-11-9-17(3)10-12-21/h6-12,20H,4-5,13-16H2,1-3H3,(H,24,26). The number of carbonyl (C=O) groups is 1. The van der Waals surface area contributed by atoms with Crippen molar-refractivity contribution in [2.45, 2.75) is 51.3 Å². The molecule has 0 saturated carbocycles. The van der Waals surface area contributed by atoms with Crippen molar-refractivity contribution in [1.82, 2.24) is 4.31 Å². The first-order chi connectivity index (χ1) is 13.9. The van der Waals surface area contributed by atoms with E-state index in [0.717, 1.165) is 35.2 Å². The van der Waals surface area contributed by atoms with E-state index in [4.69, 9.17) is 0 Å². The minimum Gasteiger partial charge on any atom is -0.325 e. The number of benzene rings is 2. The van der Waals surface area contributed by atoms with Crippen LogP contribution in [0, 0.1) is 12.8 Å². The minimum atomic E-state index is -3.51. The van der Waals surface area contributed by atoms with Crippen molar-refractivity contribution in [2.24, 2.45) is 5.92 Å². The van der Waals surface area contributed by atoms with Gasteiger partial charge in [-0.1, -0.05) is 49.7 Å². The number of para-hydroxylation sites is 1. The molecular weight excluding hydrogens is 384 g/mol. The van der Waals surface area contributed by atoms with E-state index in [1.807, 2.05) is 37.3 Å². The van der Waals surface area contributed by atoms with Crippen LogP contribution in [0.1, 0.15) is 43.4 Å². The van der Waals surface area contributed by atoms with Crippen LogP contribution in [0.5, 0.6) is 0 Å². The van der Waals surface area contributed by atoms with E-state index in [0.29, 0.717) is 30.8 Å². The van der Waals surface area contributed by atoms with Crippen molar-refractivity contribution in [3.05, 3.63) is 59.2 Å². The number of piperidine rings is 1. The van der Waals surface area contributed by atoms with Crippen molar-refractivity contribution in [3.8, 4) is 0 Å². The second-order valence-corrected chi connectivity index (χ2v) is 9.58. The Hall–Kier alpha value is -2.18. The fourth-order valence-corrected chi connectivity index (χ4v) is 5.32. The van der Waals surface area contributed by atoms with E-state index in [1.54, 1.807) is 12.1 Å². The first kappa shape index (κ1) is 21.5. The van der Waals surface area contributed by atoms with Crippen LogP contribution in [0.15, 0.2) is 47.4 Å². The Kier molecular flexibility index (Phi) is 6.75. The van der Waals surface area contributed by atoms with Gasteiger partial charge in [0.25, 0.3) is 0 Å². The lowest BCUT2D eigenvalue weighted by molar-refractivity contribution is -0.120. The highest BCUT2D eigenvalue weighted by Gasteiger charge is 2.32. The zero-order valence-electron chi connectivity index (χ0n) is 17.4. The van der Waals surface area contributed by atoms with Gasteiger partial charge in [0.15, 0.2) is 0 Å². The van der Waals surface area contributed by atoms with Gasteiger partial charge in [0, 0.05) is 24.7 Å². The maximum absolute atomic E-state index is 12.9. The molecule has 1 saturated heterocycles. The molecule has 2 aromatic carbocycles. The Morgan fingerprint density at radius 3 is 2.07 bits per heavy atom. The summed E-state index contributed by atoms with van der Waals surface area (Å²) in [5, 5.41) is 3.14. The van der Waals surface area contributed by atoms with Gasteiger partial charge in [-0.05, 0) is 55.9 Å². The molecule has 29 heavy (non-hydrogen) atoms. The predicted octanol–water partition coefficient (Wildman–Crippen LogP) is 4.16. The fourth-order valence-electron chi connectivity index (χ4n) is 3.85. The molecule has 0 atom stereocenters. The van der Waals surface area contributed by atoms with Crippen LogP contribution in [0.4, 0.5) is 5.69 Å². The van der Waals surface area contributed by atoms with Gasteiger partial charge in [0.1, 0.15) is 0 Å². The second-order valence-electron chi connectivity index (χ2n) is 7.64. The van der Waals surface area contributed by atoms with Gasteiger partial charge in [-0.25, -0.2) is 8.42 Å². The molecular formula is C23H30N2O3S. The van der Waals surface area contributed by atoms with Gasteiger partial charge in [0.05, 0.1) is 4.90 Å². The number of aryl methyl sites for hydroxylation is 3. The lowest BCUT2D eigenvalue weighted by Crippen LogP contribution is -2.41. The van der Waals surface area contributed by atoms with Gasteiger partial charge in [-0.2, -0.15) is 4.31 Å². The Morgan fingerprint density at radius 2 is 1.55 bits per heavy atom. The molecule has 156 valence electrons. The first-order valence-electron chi connectivity index (χ1n) is 10.3. The molecule has 0 unspecified atom stereocenters. The number of sulfonamides is 1. The van der Waals surface area contributed by atoms with Gasteiger partial charge < -0.3 is 5.32 Å². The third-order valence-corrected chi connectivity index (χ3v) is 7.64. The average molecular weight is 415 g/mol. The molecule has 0 spiro atoms. The number of amides is 1. The molecule has 1 fully saturated rings. The average Bonchev–Trinajstić information content (AvgIpc) is 2.74. The lowest BCUT2D eigenvalue weighted by atomic mass is 9.96. The van der Waals surface area contributed by atoms with Crippen molar-refractivity contribution >= 4 is 21.6 Å². The quantitative estimate of drug-likeness (QED) is 0.772. The monoisotopic (exact) mass is 414 g/mol. The Morgan fingerprint density at radius 1 is 1.00 bits per heavy atom.